The lowest BCUT2D eigenvalue weighted by Crippen LogP contribution is -2.44. The Morgan fingerprint density at radius 2 is 2.37 bits per heavy atom. The summed E-state index contributed by atoms with van der Waals surface area (Å²) in [6.07, 6.45) is 0.110. The number of hydrogen-bond donors (Lipinski definition) is 2. The van der Waals surface area contributed by atoms with Gasteiger partial charge in [0.2, 0.25) is 5.91 Å². The fraction of sp³-hybridized carbons (Fsp3) is 0.462. The predicted molar refractivity (Wildman–Crippen MR) is 70.7 cm³/mol. The summed E-state index contributed by atoms with van der Waals surface area (Å²) in [5, 5.41) is 6.30. The van der Waals surface area contributed by atoms with Gasteiger partial charge in [-0.2, -0.15) is 0 Å². The van der Waals surface area contributed by atoms with Gasteiger partial charge in [-0.25, -0.2) is 4.39 Å². The fourth-order valence-electron chi connectivity index (χ4n) is 2.14. The Morgan fingerprint density at radius 1 is 1.58 bits per heavy atom. The molecule has 0 radical (unpaired) electrons. The normalized spacial score (nSPS) is 22.5. The molecule has 0 aromatic heterocycles. The first-order valence-corrected chi connectivity index (χ1v) is 6.44. The molecule has 1 heterocycles. The number of rotatable bonds is 4. The largest absolute Gasteiger partial charge is 0.378 e. The van der Waals surface area contributed by atoms with Gasteiger partial charge in [0, 0.05) is 25.2 Å². The maximum Gasteiger partial charge on any atom is 0.224 e. The summed E-state index contributed by atoms with van der Waals surface area (Å²) >= 11 is 5.89. The second-order valence-corrected chi connectivity index (χ2v) is 4.93. The molecule has 0 spiro atoms. The molecule has 6 heteroatoms. The van der Waals surface area contributed by atoms with Crippen LogP contribution in [0.5, 0.6) is 0 Å². The number of benzene rings is 1. The van der Waals surface area contributed by atoms with Crippen molar-refractivity contribution in [1.82, 2.24) is 10.6 Å². The van der Waals surface area contributed by atoms with E-state index in [4.69, 9.17) is 16.3 Å². The number of carbonyl (C=O) groups is 1. The first-order chi connectivity index (χ1) is 9.10. The number of halogens is 2. The van der Waals surface area contributed by atoms with Crippen LogP contribution < -0.4 is 10.6 Å². The van der Waals surface area contributed by atoms with E-state index in [1.807, 2.05) is 0 Å². The van der Waals surface area contributed by atoms with Gasteiger partial charge in [-0.15, -0.1) is 0 Å². The van der Waals surface area contributed by atoms with Gasteiger partial charge in [0.15, 0.2) is 0 Å². The third-order valence-electron chi connectivity index (χ3n) is 3.17. The minimum atomic E-state index is -0.409. The molecule has 104 valence electrons. The van der Waals surface area contributed by atoms with Crippen LogP contribution in [0.15, 0.2) is 18.2 Å². The van der Waals surface area contributed by atoms with E-state index in [1.165, 1.54) is 18.2 Å². The summed E-state index contributed by atoms with van der Waals surface area (Å²) in [4.78, 5) is 11.9. The zero-order valence-electron chi connectivity index (χ0n) is 10.6. The second kappa shape index (κ2) is 6.32. The first-order valence-electron chi connectivity index (χ1n) is 6.07. The molecular formula is C13H16ClFN2O2. The number of methoxy groups -OCH3 is 1. The number of amides is 1. The predicted octanol–water partition coefficient (Wildman–Crippen LogP) is 1.12. The van der Waals surface area contributed by atoms with Crippen LogP contribution in [0.2, 0.25) is 5.02 Å². The summed E-state index contributed by atoms with van der Waals surface area (Å²) in [5.41, 5.74) is 0.612. The van der Waals surface area contributed by atoms with Gasteiger partial charge >= 0.3 is 0 Å². The Bertz CT molecular complexity index is 470. The van der Waals surface area contributed by atoms with E-state index >= 15 is 0 Å². The lowest BCUT2D eigenvalue weighted by atomic mass is 10.1. The lowest BCUT2D eigenvalue weighted by Gasteiger charge is -2.18. The molecule has 19 heavy (non-hydrogen) atoms. The Balaban J connectivity index is 1.94. The van der Waals surface area contributed by atoms with Crippen LogP contribution in [-0.4, -0.2) is 38.3 Å². The molecule has 0 aliphatic carbocycles. The van der Waals surface area contributed by atoms with Crippen LogP contribution in [0, 0.1) is 5.82 Å². The summed E-state index contributed by atoms with van der Waals surface area (Å²) in [6, 6.07) is 3.98. The molecule has 1 aromatic rings. The molecule has 4 nitrogen and oxygen atoms in total. The highest BCUT2D eigenvalue weighted by Crippen LogP contribution is 2.17. The average molecular weight is 287 g/mol. The van der Waals surface area contributed by atoms with Gasteiger partial charge in [0.1, 0.15) is 5.82 Å². The highest BCUT2D eigenvalue weighted by Gasteiger charge is 2.28. The van der Waals surface area contributed by atoms with Crippen molar-refractivity contribution in [2.24, 2.45) is 0 Å². The molecular weight excluding hydrogens is 271 g/mol. The Hall–Kier alpha value is -1.17. The van der Waals surface area contributed by atoms with Gasteiger partial charge in [-0.1, -0.05) is 17.7 Å². The van der Waals surface area contributed by atoms with Crippen molar-refractivity contribution in [3.05, 3.63) is 34.6 Å². The fourth-order valence-corrected chi connectivity index (χ4v) is 2.38. The van der Waals surface area contributed by atoms with Crippen LogP contribution >= 0.6 is 11.6 Å². The SMILES string of the molecule is CO[C@H]1CNC[C@H]1NC(=O)Cc1ccc(F)cc1Cl. The minimum absolute atomic E-state index is 0.0207. The number of ether oxygens (including phenoxy) is 1. The monoisotopic (exact) mass is 286 g/mol. The van der Waals surface area contributed by atoms with Crippen molar-refractivity contribution in [3.8, 4) is 0 Å². The van der Waals surface area contributed by atoms with E-state index in [0.29, 0.717) is 12.1 Å². The highest BCUT2D eigenvalue weighted by atomic mass is 35.5. The summed E-state index contributed by atoms with van der Waals surface area (Å²) < 4.78 is 18.2. The van der Waals surface area contributed by atoms with E-state index < -0.39 is 5.82 Å². The molecule has 1 saturated heterocycles. The second-order valence-electron chi connectivity index (χ2n) is 4.52. The van der Waals surface area contributed by atoms with E-state index in [2.05, 4.69) is 10.6 Å². The highest BCUT2D eigenvalue weighted by molar-refractivity contribution is 6.31. The van der Waals surface area contributed by atoms with Gasteiger partial charge in [-0.05, 0) is 17.7 Å². The Kier molecular flexibility index (Phi) is 4.74. The van der Waals surface area contributed by atoms with Crippen LogP contribution in [0.25, 0.3) is 0 Å². The van der Waals surface area contributed by atoms with Gasteiger partial charge in [0.05, 0.1) is 18.6 Å². The average Bonchev–Trinajstić information content (AvgIpc) is 2.80. The Labute approximate surface area is 116 Å². The Morgan fingerprint density at radius 3 is 3.05 bits per heavy atom. The van der Waals surface area contributed by atoms with Crippen LogP contribution in [0.4, 0.5) is 4.39 Å². The molecule has 2 atom stereocenters. The summed E-state index contributed by atoms with van der Waals surface area (Å²) in [6.45, 7) is 1.40. The van der Waals surface area contributed by atoms with Crippen molar-refractivity contribution >= 4 is 17.5 Å². The smallest absolute Gasteiger partial charge is 0.224 e. The van der Waals surface area contributed by atoms with Crippen LogP contribution in [0.3, 0.4) is 0 Å². The van der Waals surface area contributed by atoms with E-state index in [-0.39, 0.29) is 29.5 Å². The standard InChI is InChI=1S/C13H16ClFN2O2/c1-19-12-7-16-6-11(12)17-13(18)4-8-2-3-9(15)5-10(8)14/h2-3,5,11-12,16H,4,6-7H2,1H3,(H,17,18)/t11-,12+/m1/s1. The summed E-state index contributed by atoms with van der Waals surface area (Å²) in [7, 11) is 1.62. The molecule has 1 amide bonds. The zero-order chi connectivity index (χ0) is 13.8. The maximum absolute atomic E-state index is 12.9. The molecule has 1 aromatic carbocycles. The van der Waals surface area contributed by atoms with Crippen molar-refractivity contribution in [3.63, 3.8) is 0 Å². The van der Waals surface area contributed by atoms with Gasteiger partial charge < -0.3 is 15.4 Å². The van der Waals surface area contributed by atoms with Crippen molar-refractivity contribution in [2.75, 3.05) is 20.2 Å². The van der Waals surface area contributed by atoms with Crippen molar-refractivity contribution < 1.29 is 13.9 Å². The van der Waals surface area contributed by atoms with E-state index in [9.17, 15) is 9.18 Å². The van der Waals surface area contributed by atoms with Crippen molar-refractivity contribution in [2.45, 2.75) is 18.6 Å². The van der Waals surface area contributed by atoms with Crippen molar-refractivity contribution in [1.29, 1.82) is 0 Å². The molecule has 1 aliphatic heterocycles. The molecule has 1 fully saturated rings. The van der Waals surface area contributed by atoms with Gasteiger partial charge in [0.25, 0.3) is 0 Å². The third-order valence-corrected chi connectivity index (χ3v) is 3.53. The summed E-state index contributed by atoms with van der Waals surface area (Å²) in [5.74, 6) is -0.558. The topological polar surface area (TPSA) is 50.4 Å². The zero-order valence-corrected chi connectivity index (χ0v) is 11.3. The number of nitrogens with one attached hydrogen (secondary N) is 2. The first kappa shape index (κ1) is 14.2. The molecule has 0 bridgehead atoms. The van der Waals surface area contributed by atoms with E-state index in [0.717, 1.165) is 6.54 Å². The quantitative estimate of drug-likeness (QED) is 0.872. The molecule has 0 saturated carbocycles. The lowest BCUT2D eigenvalue weighted by molar-refractivity contribution is -0.121. The molecule has 2 N–H and O–H groups in total. The van der Waals surface area contributed by atoms with E-state index in [1.54, 1.807) is 7.11 Å². The minimum Gasteiger partial charge on any atom is -0.378 e. The number of carbonyl (C=O) groups excluding carboxylic acids is 1. The van der Waals surface area contributed by atoms with Crippen LogP contribution in [-0.2, 0) is 16.0 Å². The molecule has 1 aliphatic rings. The third kappa shape index (κ3) is 3.65. The maximum atomic E-state index is 12.9. The van der Waals surface area contributed by atoms with Crippen LogP contribution in [0.1, 0.15) is 5.56 Å². The molecule has 2 rings (SSSR count). The van der Waals surface area contributed by atoms with Gasteiger partial charge in [-0.3, -0.25) is 4.79 Å². The number of hydrogen-bond acceptors (Lipinski definition) is 3. The molecule has 0 unspecified atom stereocenters.